The first-order chi connectivity index (χ1) is 13.6. The molecule has 0 N–H and O–H groups in total. The van der Waals surface area contributed by atoms with Gasteiger partial charge in [-0.1, -0.05) is 54.2 Å². The first-order valence-corrected chi connectivity index (χ1v) is 10.1. The van der Waals surface area contributed by atoms with Crippen molar-refractivity contribution in [3.05, 3.63) is 66.0 Å². The second-order valence-corrected chi connectivity index (χ2v) is 7.16. The normalized spacial score (nSPS) is 10.7. The van der Waals surface area contributed by atoms with Crippen molar-refractivity contribution in [1.29, 1.82) is 0 Å². The summed E-state index contributed by atoms with van der Waals surface area (Å²) < 4.78 is 7.39. The van der Waals surface area contributed by atoms with Crippen LogP contribution in [0.2, 0.25) is 0 Å². The van der Waals surface area contributed by atoms with Crippen LogP contribution in [0, 0.1) is 6.92 Å². The molecular formula is C21H24N4O2S. The second kappa shape index (κ2) is 9.41. The van der Waals surface area contributed by atoms with E-state index in [2.05, 4.69) is 10.2 Å². The molecule has 0 saturated carbocycles. The summed E-state index contributed by atoms with van der Waals surface area (Å²) in [5, 5.41) is 9.12. The molecule has 0 aliphatic rings. The number of rotatable bonds is 8. The maximum absolute atomic E-state index is 12.8. The van der Waals surface area contributed by atoms with Crippen molar-refractivity contribution in [2.45, 2.75) is 25.5 Å². The molecule has 0 spiro atoms. The molecule has 0 aliphatic carbocycles. The minimum absolute atomic E-state index is 0.0728. The molecule has 0 atom stereocenters. The van der Waals surface area contributed by atoms with Crippen molar-refractivity contribution < 1.29 is 9.53 Å². The molecule has 0 radical (unpaired) electrons. The van der Waals surface area contributed by atoms with Gasteiger partial charge < -0.3 is 9.64 Å². The summed E-state index contributed by atoms with van der Waals surface area (Å²) in [4.78, 5) is 14.6. The van der Waals surface area contributed by atoms with Crippen molar-refractivity contribution in [1.82, 2.24) is 19.7 Å². The number of hydrogen-bond acceptors (Lipinski definition) is 5. The highest BCUT2D eigenvalue weighted by atomic mass is 32.2. The fourth-order valence-electron chi connectivity index (χ4n) is 2.93. The Morgan fingerprint density at radius 2 is 1.82 bits per heavy atom. The predicted octanol–water partition coefficient (Wildman–Crippen LogP) is 3.73. The Bertz CT molecular complexity index is 927. The standard InChI is InChI=1S/C21H24N4O2S/c1-4-24(14-17-10-6-5-7-11-17)20(26)15-28-21-23-22-16(2)25(21)18-12-8-9-13-19(18)27-3/h5-13H,4,14-15H2,1-3H3. The molecule has 1 amide bonds. The van der Waals surface area contributed by atoms with Gasteiger partial charge in [0.25, 0.3) is 0 Å². The molecule has 0 fully saturated rings. The molecule has 1 aromatic heterocycles. The van der Waals surface area contributed by atoms with E-state index in [-0.39, 0.29) is 5.91 Å². The van der Waals surface area contributed by atoms with Gasteiger partial charge in [0, 0.05) is 13.1 Å². The van der Waals surface area contributed by atoms with E-state index < -0.39 is 0 Å². The van der Waals surface area contributed by atoms with Gasteiger partial charge >= 0.3 is 0 Å². The van der Waals surface area contributed by atoms with Gasteiger partial charge in [-0.3, -0.25) is 9.36 Å². The highest BCUT2D eigenvalue weighted by Crippen LogP contribution is 2.28. The molecule has 2 aromatic carbocycles. The Labute approximate surface area is 169 Å². The van der Waals surface area contributed by atoms with Crippen molar-refractivity contribution in [3.63, 3.8) is 0 Å². The SMILES string of the molecule is CCN(Cc1ccccc1)C(=O)CSc1nnc(C)n1-c1ccccc1OC. The van der Waals surface area contributed by atoms with E-state index in [0.29, 0.717) is 24.0 Å². The summed E-state index contributed by atoms with van der Waals surface area (Å²) >= 11 is 1.39. The summed E-state index contributed by atoms with van der Waals surface area (Å²) in [6.45, 7) is 5.15. The number of hydrogen-bond donors (Lipinski definition) is 0. The number of methoxy groups -OCH3 is 1. The van der Waals surface area contributed by atoms with Gasteiger partial charge in [-0.2, -0.15) is 0 Å². The smallest absolute Gasteiger partial charge is 0.233 e. The number of aryl methyl sites for hydroxylation is 1. The molecule has 1 heterocycles. The van der Waals surface area contributed by atoms with Crippen LogP contribution in [-0.2, 0) is 11.3 Å². The molecule has 0 aliphatic heterocycles. The summed E-state index contributed by atoms with van der Waals surface area (Å²) in [5.41, 5.74) is 1.98. The van der Waals surface area contributed by atoms with Crippen LogP contribution >= 0.6 is 11.8 Å². The van der Waals surface area contributed by atoms with Crippen LogP contribution in [0.5, 0.6) is 5.75 Å². The van der Waals surface area contributed by atoms with Crippen LogP contribution in [0.4, 0.5) is 0 Å². The lowest BCUT2D eigenvalue weighted by Crippen LogP contribution is -2.31. The monoisotopic (exact) mass is 396 g/mol. The number of carbonyl (C=O) groups excluding carboxylic acids is 1. The van der Waals surface area contributed by atoms with Crippen LogP contribution in [0.25, 0.3) is 5.69 Å². The van der Waals surface area contributed by atoms with Crippen LogP contribution in [0.15, 0.2) is 59.8 Å². The van der Waals surface area contributed by atoms with Crippen molar-refractivity contribution >= 4 is 17.7 Å². The van der Waals surface area contributed by atoms with E-state index in [1.54, 1.807) is 7.11 Å². The van der Waals surface area contributed by atoms with E-state index in [0.717, 1.165) is 22.8 Å². The number of aromatic nitrogens is 3. The number of nitrogens with zero attached hydrogens (tertiary/aromatic N) is 4. The van der Waals surface area contributed by atoms with E-state index in [4.69, 9.17) is 4.74 Å². The summed E-state index contributed by atoms with van der Waals surface area (Å²) in [7, 11) is 1.64. The lowest BCUT2D eigenvalue weighted by Gasteiger charge is -2.21. The van der Waals surface area contributed by atoms with Gasteiger partial charge in [-0.05, 0) is 31.5 Å². The Morgan fingerprint density at radius 1 is 1.11 bits per heavy atom. The topological polar surface area (TPSA) is 60.2 Å². The van der Waals surface area contributed by atoms with Crippen LogP contribution in [-0.4, -0.2) is 45.0 Å². The fourth-order valence-corrected chi connectivity index (χ4v) is 3.82. The maximum Gasteiger partial charge on any atom is 0.233 e. The van der Waals surface area contributed by atoms with E-state index >= 15 is 0 Å². The lowest BCUT2D eigenvalue weighted by atomic mass is 10.2. The third-order valence-corrected chi connectivity index (χ3v) is 5.31. The number of para-hydroxylation sites is 2. The molecule has 3 aromatic rings. The van der Waals surface area contributed by atoms with E-state index in [1.807, 2.05) is 77.9 Å². The molecule has 0 bridgehead atoms. The Hall–Kier alpha value is -2.80. The van der Waals surface area contributed by atoms with Gasteiger partial charge in [0.2, 0.25) is 5.91 Å². The summed E-state index contributed by atoms with van der Waals surface area (Å²) in [6, 6.07) is 17.7. The van der Waals surface area contributed by atoms with E-state index in [1.165, 1.54) is 11.8 Å². The Morgan fingerprint density at radius 3 is 2.54 bits per heavy atom. The van der Waals surface area contributed by atoms with E-state index in [9.17, 15) is 4.79 Å². The molecule has 6 nitrogen and oxygen atoms in total. The predicted molar refractivity (Wildman–Crippen MR) is 111 cm³/mol. The third kappa shape index (κ3) is 4.54. The van der Waals surface area contributed by atoms with Gasteiger partial charge in [0.15, 0.2) is 5.16 Å². The first kappa shape index (κ1) is 19.9. The summed E-state index contributed by atoms with van der Waals surface area (Å²) in [5.74, 6) is 1.85. The molecule has 146 valence electrons. The van der Waals surface area contributed by atoms with Gasteiger partial charge in [0.05, 0.1) is 18.6 Å². The largest absolute Gasteiger partial charge is 0.495 e. The highest BCUT2D eigenvalue weighted by molar-refractivity contribution is 7.99. The van der Waals surface area contributed by atoms with Gasteiger partial charge in [-0.15, -0.1) is 10.2 Å². The molecule has 0 saturated heterocycles. The zero-order chi connectivity index (χ0) is 19.9. The number of thioether (sulfide) groups is 1. The number of amides is 1. The first-order valence-electron chi connectivity index (χ1n) is 9.14. The average Bonchev–Trinajstić information content (AvgIpc) is 3.11. The zero-order valence-corrected chi connectivity index (χ0v) is 17.1. The number of benzene rings is 2. The minimum atomic E-state index is 0.0728. The summed E-state index contributed by atoms with van der Waals surface area (Å²) in [6.07, 6.45) is 0. The quantitative estimate of drug-likeness (QED) is 0.543. The van der Waals surface area contributed by atoms with Crippen LogP contribution < -0.4 is 4.74 Å². The molecule has 28 heavy (non-hydrogen) atoms. The second-order valence-electron chi connectivity index (χ2n) is 6.22. The van der Waals surface area contributed by atoms with Crippen molar-refractivity contribution in [2.75, 3.05) is 19.4 Å². The zero-order valence-electron chi connectivity index (χ0n) is 16.3. The van der Waals surface area contributed by atoms with Crippen molar-refractivity contribution in [2.24, 2.45) is 0 Å². The average molecular weight is 397 g/mol. The van der Waals surface area contributed by atoms with Crippen LogP contribution in [0.1, 0.15) is 18.3 Å². The number of ether oxygens (including phenoxy) is 1. The molecule has 0 unspecified atom stereocenters. The van der Waals surface area contributed by atoms with Crippen molar-refractivity contribution in [3.8, 4) is 11.4 Å². The van der Waals surface area contributed by atoms with Gasteiger partial charge in [0.1, 0.15) is 11.6 Å². The Balaban J connectivity index is 1.73. The third-order valence-electron chi connectivity index (χ3n) is 4.40. The molecule has 7 heteroatoms. The number of carbonyl (C=O) groups is 1. The highest BCUT2D eigenvalue weighted by Gasteiger charge is 2.18. The fraction of sp³-hybridized carbons (Fsp3) is 0.286. The maximum atomic E-state index is 12.8. The van der Waals surface area contributed by atoms with Crippen LogP contribution in [0.3, 0.4) is 0 Å². The Kier molecular flexibility index (Phi) is 6.71. The van der Waals surface area contributed by atoms with Gasteiger partial charge in [-0.25, -0.2) is 0 Å². The minimum Gasteiger partial charge on any atom is -0.495 e. The lowest BCUT2D eigenvalue weighted by molar-refractivity contribution is -0.128. The molecular weight excluding hydrogens is 372 g/mol. The molecule has 3 rings (SSSR count).